The molecule has 0 aliphatic rings. The molecule has 1 aromatic rings. The molecule has 17 heavy (non-hydrogen) atoms. The number of hydrogen-bond acceptors (Lipinski definition) is 2. The van der Waals surface area contributed by atoms with Crippen molar-refractivity contribution >= 4 is 38.4 Å². The molecule has 0 bridgehead atoms. The molecule has 0 fully saturated rings. The van der Waals surface area contributed by atoms with Crippen LogP contribution in [0, 0.1) is 5.82 Å². The summed E-state index contributed by atoms with van der Waals surface area (Å²) < 4.78 is 54.4. The Labute approximate surface area is 107 Å². The molecule has 0 spiro atoms. The third-order valence-corrected chi connectivity index (χ3v) is 2.58. The van der Waals surface area contributed by atoms with Crippen molar-refractivity contribution in [1.29, 1.82) is 0 Å². The third kappa shape index (κ3) is 3.57. The molecule has 8 heteroatoms. The van der Waals surface area contributed by atoms with E-state index in [4.69, 9.17) is 16.3 Å². The summed E-state index contributed by atoms with van der Waals surface area (Å²) in [4.78, 5) is 3.07. The Morgan fingerprint density at radius 1 is 1.41 bits per heavy atom. The smallest absolute Gasteiger partial charge is 0.444 e. The first-order chi connectivity index (χ1) is 7.75. The third-order valence-electron chi connectivity index (χ3n) is 1.67. The molecule has 0 unspecified atom stereocenters. The molecule has 0 aromatic heterocycles. The van der Waals surface area contributed by atoms with Gasteiger partial charge in [-0.05, 0) is 22.0 Å². The normalized spacial score (nSPS) is 12.8. The van der Waals surface area contributed by atoms with Gasteiger partial charge in [-0.15, -0.1) is 0 Å². The minimum atomic E-state index is -4.78. The summed E-state index contributed by atoms with van der Waals surface area (Å²) in [6, 6.07) is 1.95. The predicted octanol–water partition coefficient (Wildman–Crippen LogP) is 4.43. The van der Waals surface area contributed by atoms with E-state index in [9.17, 15) is 17.6 Å². The monoisotopic (exact) mass is 333 g/mol. The van der Waals surface area contributed by atoms with E-state index in [0.29, 0.717) is 0 Å². The van der Waals surface area contributed by atoms with Crippen molar-refractivity contribution in [3.63, 3.8) is 0 Å². The number of hydrogen-bond donors (Lipinski definition) is 0. The van der Waals surface area contributed by atoms with E-state index in [2.05, 4.69) is 20.9 Å². The van der Waals surface area contributed by atoms with Crippen LogP contribution in [-0.4, -0.2) is 18.5 Å². The van der Waals surface area contributed by atoms with Crippen LogP contribution in [0.3, 0.4) is 0 Å². The van der Waals surface area contributed by atoms with E-state index in [-0.39, 0.29) is 15.9 Å². The van der Waals surface area contributed by atoms with Gasteiger partial charge in [-0.25, -0.2) is 9.38 Å². The number of ether oxygens (including phenoxy) is 1. The van der Waals surface area contributed by atoms with Gasteiger partial charge >= 0.3 is 6.18 Å². The van der Waals surface area contributed by atoms with Crippen LogP contribution >= 0.6 is 27.5 Å². The molecule has 0 radical (unpaired) electrons. The van der Waals surface area contributed by atoms with E-state index < -0.39 is 17.2 Å². The maximum Gasteiger partial charge on any atom is 0.444 e. The second kappa shape index (κ2) is 5.22. The first-order valence-corrected chi connectivity index (χ1v) is 5.27. The molecule has 0 saturated heterocycles. The lowest BCUT2D eigenvalue weighted by atomic mass is 10.3. The first kappa shape index (κ1) is 14.2. The van der Waals surface area contributed by atoms with Gasteiger partial charge in [-0.2, -0.15) is 13.2 Å². The molecule has 0 N–H and O–H groups in total. The standard InChI is InChI=1S/C9H5BrClF4NO/c1-17-7-2-4(10)5(12)3-6(7)16-8(11)9(13,14)15/h2-3H,1H3. The Hall–Kier alpha value is -0.820. The van der Waals surface area contributed by atoms with Crippen LogP contribution in [0.2, 0.25) is 0 Å². The summed E-state index contributed by atoms with van der Waals surface area (Å²) in [7, 11) is 1.22. The fourth-order valence-corrected chi connectivity index (χ4v) is 1.35. The zero-order valence-electron chi connectivity index (χ0n) is 8.28. The Morgan fingerprint density at radius 2 is 2.00 bits per heavy atom. The van der Waals surface area contributed by atoms with Crippen molar-refractivity contribution in [2.24, 2.45) is 4.99 Å². The number of rotatable bonds is 2. The van der Waals surface area contributed by atoms with Gasteiger partial charge in [0, 0.05) is 6.07 Å². The van der Waals surface area contributed by atoms with Crippen LogP contribution in [0.4, 0.5) is 23.2 Å². The van der Waals surface area contributed by atoms with Gasteiger partial charge < -0.3 is 4.74 Å². The van der Waals surface area contributed by atoms with Gasteiger partial charge in [0.25, 0.3) is 0 Å². The van der Waals surface area contributed by atoms with Crippen molar-refractivity contribution < 1.29 is 22.3 Å². The number of nitrogens with zero attached hydrogens (tertiary/aromatic N) is 1. The highest BCUT2D eigenvalue weighted by molar-refractivity contribution is 9.10. The maximum absolute atomic E-state index is 13.1. The second-order valence-electron chi connectivity index (χ2n) is 2.84. The Kier molecular flexibility index (Phi) is 4.37. The Morgan fingerprint density at radius 3 is 2.47 bits per heavy atom. The lowest BCUT2D eigenvalue weighted by Crippen LogP contribution is -2.16. The number of methoxy groups -OCH3 is 1. The minimum absolute atomic E-state index is 0.0272. The topological polar surface area (TPSA) is 21.6 Å². The maximum atomic E-state index is 13.1. The molecule has 2 nitrogen and oxygen atoms in total. The first-order valence-electron chi connectivity index (χ1n) is 4.10. The van der Waals surface area contributed by atoms with Crippen LogP contribution in [0.1, 0.15) is 0 Å². The van der Waals surface area contributed by atoms with Crippen molar-refractivity contribution in [3.8, 4) is 5.75 Å². The van der Waals surface area contributed by atoms with Gasteiger partial charge in [0.1, 0.15) is 17.3 Å². The molecule has 0 aliphatic carbocycles. The summed E-state index contributed by atoms with van der Waals surface area (Å²) in [5, 5.41) is -1.60. The fraction of sp³-hybridized carbons (Fsp3) is 0.222. The lowest BCUT2D eigenvalue weighted by Gasteiger charge is -2.08. The Balaban J connectivity index is 3.27. The number of benzene rings is 1. The average Bonchev–Trinajstić information content (AvgIpc) is 2.21. The van der Waals surface area contributed by atoms with E-state index in [1.165, 1.54) is 7.11 Å². The summed E-state index contributed by atoms with van der Waals surface area (Å²) in [6.07, 6.45) is -4.78. The van der Waals surface area contributed by atoms with Gasteiger partial charge in [-0.3, -0.25) is 0 Å². The molecule has 0 amide bonds. The van der Waals surface area contributed by atoms with Crippen molar-refractivity contribution in [3.05, 3.63) is 22.4 Å². The molecule has 1 rings (SSSR count). The quantitative estimate of drug-likeness (QED) is 0.579. The summed E-state index contributed by atoms with van der Waals surface area (Å²) >= 11 is 7.82. The van der Waals surface area contributed by atoms with Crippen molar-refractivity contribution in [2.75, 3.05) is 7.11 Å². The zero-order chi connectivity index (χ0) is 13.2. The van der Waals surface area contributed by atoms with Gasteiger partial charge in [0.2, 0.25) is 5.17 Å². The molecular formula is C9H5BrClF4NO. The van der Waals surface area contributed by atoms with Gasteiger partial charge in [0.05, 0.1) is 11.6 Å². The van der Waals surface area contributed by atoms with Gasteiger partial charge in [0.15, 0.2) is 0 Å². The molecule has 1 aromatic carbocycles. The van der Waals surface area contributed by atoms with E-state index >= 15 is 0 Å². The minimum Gasteiger partial charge on any atom is -0.494 e. The van der Waals surface area contributed by atoms with E-state index in [0.717, 1.165) is 12.1 Å². The average molecular weight is 334 g/mol. The molecule has 0 atom stereocenters. The van der Waals surface area contributed by atoms with Gasteiger partial charge in [-0.1, -0.05) is 11.6 Å². The highest BCUT2D eigenvalue weighted by Crippen LogP contribution is 2.34. The zero-order valence-corrected chi connectivity index (χ0v) is 10.6. The molecule has 0 aliphatic heterocycles. The van der Waals surface area contributed by atoms with Crippen LogP contribution in [0.25, 0.3) is 0 Å². The molecule has 0 saturated carbocycles. The summed E-state index contributed by atoms with van der Waals surface area (Å²) in [6.45, 7) is 0. The lowest BCUT2D eigenvalue weighted by molar-refractivity contribution is -0.0558. The second-order valence-corrected chi connectivity index (χ2v) is 4.05. The number of halogens is 6. The van der Waals surface area contributed by atoms with Crippen molar-refractivity contribution in [1.82, 2.24) is 0 Å². The number of aliphatic imine (C=N–C) groups is 1. The van der Waals surface area contributed by atoms with Crippen LogP contribution < -0.4 is 4.74 Å². The van der Waals surface area contributed by atoms with Crippen LogP contribution in [0.5, 0.6) is 5.75 Å². The largest absolute Gasteiger partial charge is 0.494 e. The molecule has 0 heterocycles. The van der Waals surface area contributed by atoms with Crippen LogP contribution in [0.15, 0.2) is 21.6 Å². The highest BCUT2D eigenvalue weighted by Gasteiger charge is 2.34. The fourth-order valence-electron chi connectivity index (χ4n) is 0.938. The molecule has 94 valence electrons. The van der Waals surface area contributed by atoms with E-state index in [1.54, 1.807) is 0 Å². The highest BCUT2D eigenvalue weighted by atomic mass is 79.9. The van der Waals surface area contributed by atoms with Crippen LogP contribution in [-0.2, 0) is 0 Å². The SMILES string of the molecule is COc1cc(Br)c(F)cc1N=C(Cl)C(F)(F)F. The molecular weight excluding hydrogens is 329 g/mol. The van der Waals surface area contributed by atoms with E-state index in [1.807, 2.05) is 0 Å². The van der Waals surface area contributed by atoms with Crippen molar-refractivity contribution in [2.45, 2.75) is 6.18 Å². The Bertz CT molecular complexity index is 461. The summed E-state index contributed by atoms with van der Waals surface area (Å²) in [5.41, 5.74) is -0.337. The summed E-state index contributed by atoms with van der Waals surface area (Å²) in [5.74, 6) is -0.795. The predicted molar refractivity (Wildman–Crippen MR) is 59.7 cm³/mol. The number of alkyl halides is 3.